The van der Waals surface area contributed by atoms with Gasteiger partial charge in [0.15, 0.2) is 12.2 Å². The highest BCUT2D eigenvalue weighted by atomic mass is 31.2. The second kappa shape index (κ2) is 73.5. The fourth-order valence-electron chi connectivity index (χ4n) is 10.8. The largest absolute Gasteiger partial charge is 0.472 e. The molecule has 0 fully saturated rings. The summed E-state index contributed by atoms with van der Waals surface area (Å²) in [6.45, 7) is 4.70. The summed E-state index contributed by atoms with van der Waals surface area (Å²) >= 11 is 0. The van der Waals surface area contributed by atoms with Gasteiger partial charge in [-0.3, -0.25) is 37.3 Å². The lowest BCUT2D eigenvalue weighted by Gasteiger charge is -2.21. The molecule has 5 unspecified atom stereocenters. The number of hydrogen-bond donors (Lipinski definition) is 3. The molecule has 0 aromatic heterocycles. The van der Waals surface area contributed by atoms with Gasteiger partial charge in [0.05, 0.1) is 26.4 Å². The summed E-state index contributed by atoms with van der Waals surface area (Å²) in [6.07, 6.45) is 75.6. The van der Waals surface area contributed by atoms with Crippen LogP contribution in [0.1, 0.15) is 349 Å². The molecule has 0 aliphatic heterocycles. The van der Waals surface area contributed by atoms with E-state index in [2.05, 4.69) is 113 Å². The molecule has 0 saturated carbocycles. The van der Waals surface area contributed by atoms with E-state index in [1.165, 1.54) is 116 Å². The number of carbonyl (C=O) groups excluding carboxylic acids is 4. The minimum absolute atomic E-state index is 0.0917. The SMILES string of the molecule is CC/C=C\C/C=C\C/C=C\C/C=C\C/C=C\CCCCCC(=O)OCC(COP(=O)(O)OCC(O)COP(=O)(O)OCC(COC(=O)CCCCCCC/C=C\C/C=C\CCC)OC(=O)CCCCCCCCCCCCCCC)OC(=O)CCCCCCCCCCCCCCCCC. The van der Waals surface area contributed by atoms with E-state index in [-0.39, 0.29) is 25.7 Å². The molecule has 0 aromatic rings. The van der Waals surface area contributed by atoms with E-state index >= 15 is 0 Å². The van der Waals surface area contributed by atoms with Crippen LogP contribution >= 0.6 is 15.6 Å². The first-order chi connectivity index (χ1) is 48.7. The molecule has 100 heavy (non-hydrogen) atoms. The number of aliphatic hydroxyl groups excluding tert-OH is 1. The highest BCUT2D eigenvalue weighted by molar-refractivity contribution is 7.47. The molecule has 0 saturated heterocycles. The number of hydrogen-bond acceptors (Lipinski definition) is 15. The van der Waals surface area contributed by atoms with Gasteiger partial charge in [0.25, 0.3) is 0 Å². The van der Waals surface area contributed by atoms with E-state index in [1.807, 2.05) is 0 Å². The third-order valence-corrected chi connectivity index (χ3v) is 18.8. The maximum atomic E-state index is 13.1. The van der Waals surface area contributed by atoms with Crippen molar-refractivity contribution in [2.24, 2.45) is 0 Å². The van der Waals surface area contributed by atoms with Gasteiger partial charge in [-0.1, -0.05) is 312 Å². The standard InChI is InChI=1S/C81H144O17P2/c1-5-9-13-17-21-25-29-33-35-36-37-38-40-43-46-50-54-58-62-66-79(84)92-72-77(98-81(86)68-64-60-56-52-48-44-39-34-30-26-22-18-14-10-6-2)74-96-100(89,90)94-70-75(82)69-93-99(87,88)95-73-76(97-80(85)67-63-59-55-51-47-42-32-28-24-20-16-12-8-4)71-91-78(83)65-61-57-53-49-45-41-31-27-23-19-15-11-7-3/h9,13,15,19,21,25,27,31,33,35,37-38,43,46,75-77,82H,5-8,10-12,14,16-18,20,22-24,26,28-30,32,34,36,39-42,44-45,47-74H2,1-4H3,(H,87,88)(H,89,90)/b13-9-,19-15-,25-21-,31-27-,35-33-,38-37-,46-43-. The van der Waals surface area contributed by atoms with Gasteiger partial charge in [0, 0.05) is 25.7 Å². The number of phosphoric ester groups is 2. The van der Waals surface area contributed by atoms with Gasteiger partial charge in [0.2, 0.25) is 0 Å². The Morgan fingerprint density at radius 3 is 0.850 bits per heavy atom. The summed E-state index contributed by atoms with van der Waals surface area (Å²) < 4.78 is 68.6. The molecule has 5 atom stereocenters. The monoisotopic (exact) mass is 1450 g/mol. The quantitative estimate of drug-likeness (QED) is 0.0169. The molecule has 3 N–H and O–H groups in total. The molecule has 580 valence electrons. The first kappa shape index (κ1) is 96.2. The summed E-state index contributed by atoms with van der Waals surface area (Å²) in [5.74, 6) is -2.20. The van der Waals surface area contributed by atoms with Gasteiger partial charge in [0.1, 0.15) is 19.3 Å². The minimum atomic E-state index is -4.98. The topological polar surface area (TPSA) is 237 Å². The zero-order valence-electron chi connectivity index (χ0n) is 63.4. The lowest BCUT2D eigenvalue weighted by molar-refractivity contribution is -0.161. The van der Waals surface area contributed by atoms with E-state index in [4.69, 9.17) is 37.0 Å². The Morgan fingerprint density at radius 1 is 0.290 bits per heavy atom. The van der Waals surface area contributed by atoms with Crippen LogP contribution < -0.4 is 0 Å². The van der Waals surface area contributed by atoms with Crippen molar-refractivity contribution in [3.63, 3.8) is 0 Å². The molecule has 0 amide bonds. The number of esters is 4. The maximum Gasteiger partial charge on any atom is 0.472 e. The van der Waals surface area contributed by atoms with Crippen molar-refractivity contribution in [2.75, 3.05) is 39.6 Å². The molecule has 0 spiro atoms. The van der Waals surface area contributed by atoms with Gasteiger partial charge < -0.3 is 33.8 Å². The fraction of sp³-hybridized carbons (Fsp3) is 0.778. The van der Waals surface area contributed by atoms with Crippen molar-refractivity contribution in [3.8, 4) is 0 Å². The molecule has 0 heterocycles. The molecule has 0 bridgehead atoms. The Balaban J connectivity index is 5.35. The van der Waals surface area contributed by atoms with Gasteiger partial charge in [-0.2, -0.15) is 0 Å². The molecule has 0 aromatic carbocycles. The Kier molecular flexibility index (Phi) is 70.8. The smallest absolute Gasteiger partial charge is 0.462 e. The third kappa shape index (κ3) is 72.6. The first-order valence-corrected chi connectivity index (χ1v) is 42.8. The van der Waals surface area contributed by atoms with Gasteiger partial charge in [-0.25, -0.2) is 9.13 Å². The number of ether oxygens (including phenoxy) is 4. The molecule has 0 radical (unpaired) electrons. The average Bonchev–Trinajstić information content (AvgIpc) is 0.946. The Bertz CT molecular complexity index is 2230. The van der Waals surface area contributed by atoms with Gasteiger partial charge >= 0.3 is 39.5 Å². The Labute approximate surface area is 608 Å². The molecule has 19 heteroatoms. The molecular formula is C81H144O17P2. The minimum Gasteiger partial charge on any atom is -0.462 e. The fourth-order valence-corrected chi connectivity index (χ4v) is 12.4. The lowest BCUT2D eigenvalue weighted by Crippen LogP contribution is -2.30. The molecule has 17 nitrogen and oxygen atoms in total. The maximum absolute atomic E-state index is 13.1. The third-order valence-electron chi connectivity index (χ3n) is 16.9. The molecule has 0 rings (SSSR count). The summed E-state index contributed by atoms with van der Waals surface area (Å²) in [5.41, 5.74) is 0. The average molecular weight is 1450 g/mol. The van der Waals surface area contributed by atoms with E-state index in [0.717, 1.165) is 154 Å². The number of rotatable bonds is 75. The second-order valence-electron chi connectivity index (χ2n) is 26.6. The van der Waals surface area contributed by atoms with Gasteiger partial charge in [-0.15, -0.1) is 0 Å². The van der Waals surface area contributed by atoms with Crippen molar-refractivity contribution in [2.45, 2.75) is 367 Å². The highest BCUT2D eigenvalue weighted by Crippen LogP contribution is 2.45. The Hall–Kier alpha value is -3.76. The highest BCUT2D eigenvalue weighted by Gasteiger charge is 2.30. The van der Waals surface area contributed by atoms with E-state index in [9.17, 15) is 43.2 Å². The predicted molar refractivity (Wildman–Crippen MR) is 409 cm³/mol. The summed E-state index contributed by atoms with van der Waals surface area (Å²) in [7, 11) is -9.95. The van der Waals surface area contributed by atoms with Crippen LogP contribution in [0, 0.1) is 0 Å². The van der Waals surface area contributed by atoms with Crippen molar-refractivity contribution in [1.29, 1.82) is 0 Å². The second-order valence-corrected chi connectivity index (χ2v) is 29.5. The van der Waals surface area contributed by atoms with Crippen molar-refractivity contribution in [1.82, 2.24) is 0 Å². The van der Waals surface area contributed by atoms with E-state index in [0.29, 0.717) is 25.7 Å². The number of phosphoric acid groups is 2. The van der Waals surface area contributed by atoms with E-state index in [1.54, 1.807) is 0 Å². The van der Waals surface area contributed by atoms with Crippen LogP contribution in [0.15, 0.2) is 85.1 Å². The van der Waals surface area contributed by atoms with Crippen LogP contribution in [0.5, 0.6) is 0 Å². The van der Waals surface area contributed by atoms with Crippen molar-refractivity contribution >= 4 is 39.5 Å². The zero-order chi connectivity index (χ0) is 73.2. The van der Waals surface area contributed by atoms with Crippen LogP contribution in [-0.2, 0) is 65.4 Å². The Morgan fingerprint density at radius 2 is 0.540 bits per heavy atom. The normalized spacial score (nSPS) is 14.3. The van der Waals surface area contributed by atoms with Crippen LogP contribution in [0.3, 0.4) is 0 Å². The molecule has 0 aliphatic rings. The van der Waals surface area contributed by atoms with Crippen molar-refractivity contribution < 1.29 is 80.2 Å². The van der Waals surface area contributed by atoms with Crippen LogP contribution in [0.2, 0.25) is 0 Å². The number of unbranched alkanes of at least 4 members (excludes halogenated alkanes) is 35. The lowest BCUT2D eigenvalue weighted by atomic mass is 10.0. The first-order valence-electron chi connectivity index (χ1n) is 39.8. The number of allylic oxidation sites excluding steroid dienone is 14. The van der Waals surface area contributed by atoms with Crippen LogP contribution in [-0.4, -0.2) is 96.7 Å². The van der Waals surface area contributed by atoms with Crippen LogP contribution in [0.25, 0.3) is 0 Å². The van der Waals surface area contributed by atoms with Gasteiger partial charge in [-0.05, 0) is 96.3 Å². The predicted octanol–water partition coefficient (Wildman–Crippen LogP) is 23.0. The van der Waals surface area contributed by atoms with Crippen molar-refractivity contribution in [3.05, 3.63) is 85.1 Å². The summed E-state index contributed by atoms with van der Waals surface area (Å²) in [4.78, 5) is 72.9. The number of carbonyl (C=O) groups is 4. The molecular weight excluding hydrogens is 1310 g/mol. The summed E-state index contributed by atoms with van der Waals surface area (Å²) in [5, 5.41) is 10.6. The van der Waals surface area contributed by atoms with Crippen LogP contribution in [0.4, 0.5) is 0 Å². The zero-order valence-corrected chi connectivity index (χ0v) is 65.2. The molecule has 0 aliphatic carbocycles. The van der Waals surface area contributed by atoms with E-state index < -0.39 is 97.5 Å². The summed E-state index contributed by atoms with van der Waals surface area (Å²) in [6, 6.07) is 0. The number of aliphatic hydroxyl groups is 1.